The normalized spacial score (nSPS) is 11.1. The van der Waals surface area contributed by atoms with E-state index in [0.717, 1.165) is 22.2 Å². The number of H-pyrrole nitrogens is 1. The summed E-state index contributed by atoms with van der Waals surface area (Å²) in [5.74, 6) is 1.51. The first-order valence-electron chi connectivity index (χ1n) is 6.27. The molecule has 96 valence electrons. The van der Waals surface area contributed by atoms with Gasteiger partial charge in [-0.2, -0.15) is 0 Å². The summed E-state index contributed by atoms with van der Waals surface area (Å²) in [7, 11) is 0. The Balaban J connectivity index is 2.19. The van der Waals surface area contributed by atoms with Gasteiger partial charge in [0.2, 0.25) is 0 Å². The zero-order chi connectivity index (χ0) is 13.6. The first-order chi connectivity index (χ1) is 9.09. The van der Waals surface area contributed by atoms with Crippen LogP contribution in [0.25, 0.3) is 10.9 Å². The van der Waals surface area contributed by atoms with Crippen molar-refractivity contribution in [2.45, 2.75) is 20.8 Å². The topological polar surface area (TPSA) is 46.0 Å². The largest absolute Gasteiger partial charge is 0.466 e. The van der Waals surface area contributed by atoms with Crippen molar-refractivity contribution in [3.05, 3.63) is 58.7 Å². The first-order valence-corrected chi connectivity index (χ1v) is 6.27. The van der Waals surface area contributed by atoms with E-state index in [2.05, 4.69) is 4.98 Å². The quantitative estimate of drug-likeness (QED) is 0.703. The number of rotatable bonds is 2. The highest BCUT2D eigenvalue weighted by Crippen LogP contribution is 2.27. The van der Waals surface area contributed by atoms with E-state index < -0.39 is 0 Å². The summed E-state index contributed by atoms with van der Waals surface area (Å²) < 4.78 is 5.55. The standard InChI is InChI=1S/C16H15NO2/c1-9-10(2)19-11(3)15(9)16(18)13-8-17-14-7-5-4-6-12(13)14/h4-8,17H,1-3H3. The Labute approximate surface area is 111 Å². The number of ketones is 1. The van der Waals surface area contributed by atoms with Crippen LogP contribution in [-0.4, -0.2) is 10.8 Å². The third-order valence-corrected chi connectivity index (χ3v) is 3.62. The number of hydrogen-bond acceptors (Lipinski definition) is 2. The molecule has 19 heavy (non-hydrogen) atoms. The summed E-state index contributed by atoms with van der Waals surface area (Å²) in [4.78, 5) is 15.8. The maximum absolute atomic E-state index is 12.7. The van der Waals surface area contributed by atoms with Crippen LogP contribution in [0.3, 0.4) is 0 Å². The van der Waals surface area contributed by atoms with Crippen molar-refractivity contribution in [3.8, 4) is 0 Å². The predicted octanol–water partition coefficient (Wildman–Crippen LogP) is 3.92. The third-order valence-electron chi connectivity index (χ3n) is 3.62. The van der Waals surface area contributed by atoms with E-state index in [4.69, 9.17) is 4.42 Å². The highest BCUT2D eigenvalue weighted by Gasteiger charge is 2.22. The number of carbonyl (C=O) groups is 1. The minimum absolute atomic E-state index is 0.0179. The molecular formula is C16H15NO2. The molecule has 0 spiro atoms. The van der Waals surface area contributed by atoms with Gasteiger partial charge >= 0.3 is 0 Å². The molecule has 3 heteroatoms. The van der Waals surface area contributed by atoms with Gasteiger partial charge in [-0.25, -0.2) is 0 Å². The van der Waals surface area contributed by atoms with Gasteiger partial charge in [-0.1, -0.05) is 18.2 Å². The molecule has 0 unspecified atom stereocenters. The van der Waals surface area contributed by atoms with Gasteiger partial charge < -0.3 is 9.40 Å². The van der Waals surface area contributed by atoms with Crippen LogP contribution in [0.15, 0.2) is 34.9 Å². The van der Waals surface area contributed by atoms with Crippen LogP contribution in [0, 0.1) is 20.8 Å². The zero-order valence-electron chi connectivity index (χ0n) is 11.2. The summed E-state index contributed by atoms with van der Waals surface area (Å²) in [6, 6.07) is 7.81. The number of hydrogen-bond donors (Lipinski definition) is 1. The average Bonchev–Trinajstić information content (AvgIpc) is 2.91. The Hall–Kier alpha value is -2.29. The second-order valence-corrected chi connectivity index (χ2v) is 4.79. The number of nitrogens with one attached hydrogen (secondary N) is 1. The second-order valence-electron chi connectivity index (χ2n) is 4.79. The maximum Gasteiger partial charge on any atom is 0.198 e. The molecule has 0 saturated heterocycles. The van der Waals surface area contributed by atoms with E-state index in [1.165, 1.54) is 0 Å². The predicted molar refractivity (Wildman–Crippen MR) is 74.7 cm³/mol. The van der Waals surface area contributed by atoms with Gasteiger partial charge in [0.25, 0.3) is 0 Å². The Morgan fingerprint density at radius 1 is 1.11 bits per heavy atom. The van der Waals surface area contributed by atoms with Crippen molar-refractivity contribution in [3.63, 3.8) is 0 Å². The summed E-state index contributed by atoms with van der Waals surface area (Å²) in [6.07, 6.45) is 1.77. The van der Waals surface area contributed by atoms with Crippen LogP contribution in [0.4, 0.5) is 0 Å². The van der Waals surface area contributed by atoms with Crippen molar-refractivity contribution in [1.82, 2.24) is 4.98 Å². The molecule has 0 fully saturated rings. The summed E-state index contributed by atoms with van der Waals surface area (Å²) in [5.41, 5.74) is 3.28. The highest BCUT2D eigenvalue weighted by atomic mass is 16.3. The van der Waals surface area contributed by atoms with Crippen LogP contribution in [0.2, 0.25) is 0 Å². The molecule has 0 atom stereocenters. The van der Waals surface area contributed by atoms with Crippen LogP contribution in [0.1, 0.15) is 33.0 Å². The minimum Gasteiger partial charge on any atom is -0.466 e. The average molecular weight is 253 g/mol. The highest BCUT2D eigenvalue weighted by molar-refractivity contribution is 6.17. The molecule has 3 rings (SSSR count). The fourth-order valence-electron chi connectivity index (χ4n) is 2.52. The molecule has 0 aliphatic heterocycles. The lowest BCUT2D eigenvalue weighted by molar-refractivity contribution is 0.103. The van der Waals surface area contributed by atoms with Gasteiger partial charge in [-0.15, -0.1) is 0 Å². The van der Waals surface area contributed by atoms with E-state index in [1.807, 2.05) is 45.0 Å². The number of carbonyl (C=O) groups excluding carboxylic acids is 1. The van der Waals surface area contributed by atoms with E-state index in [-0.39, 0.29) is 5.78 Å². The SMILES string of the molecule is Cc1oc(C)c(C(=O)c2c[nH]c3ccccc23)c1C. The van der Waals surface area contributed by atoms with E-state index in [0.29, 0.717) is 16.9 Å². The smallest absolute Gasteiger partial charge is 0.198 e. The van der Waals surface area contributed by atoms with Crippen LogP contribution < -0.4 is 0 Å². The number of benzene rings is 1. The van der Waals surface area contributed by atoms with Crippen molar-refractivity contribution in [2.75, 3.05) is 0 Å². The summed E-state index contributed by atoms with van der Waals surface area (Å²) in [5, 5.41) is 0.949. The van der Waals surface area contributed by atoms with Crippen LogP contribution in [0.5, 0.6) is 0 Å². The molecule has 0 radical (unpaired) electrons. The second kappa shape index (κ2) is 4.12. The number of para-hydroxylation sites is 1. The van der Waals surface area contributed by atoms with E-state index in [1.54, 1.807) is 6.20 Å². The van der Waals surface area contributed by atoms with Gasteiger partial charge in [0.15, 0.2) is 5.78 Å². The van der Waals surface area contributed by atoms with Crippen LogP contribution >= 0.6 is 0 Å². The summed E-state index contributed by atoms with van der Waals surface area (Å²) >= 11 is 0. The minimum atomic E-state index is 0.0179. The Morgan fingerprint density at radius 3 is 2.53 bits per heavy atom. The Kier molecular flexibility index (Phi) is 2.56. The molecule has 1 aromatic carbocycles. The van der Waals surface area contributed by atoms with Crippen molar-refractivity contribution >= 4 is 16.7 Å². The Bertz CT molecular complexity index is 777. The third kappa shape index (κ3) is 1.70. The molecule has 3 nitrogen and oxygen atoms in total. The molecule has 0 saturated carbocycles. The fourth-order valence-corrected chi connectivity index (χ4v) is 2.52. The molecule has 2 aromatic heterocycles. The van der Waals surface area contributed by atoms with Crippen molar-refractivity contribution < 1.29 is 9.21 Å². The number of aryl methyl sites for hydroxylation is 2. The van der Waals surface area contributed by atoms with Gasteiger partial charge in [0, 0.05) is 28.2 Å². The molecule has 0 bridgehead atoms. The van der Waals surface area contributed by atoms with Crippen molar-refractivity contribution in [1.29, 1.82) is 0 Å². The number of fused-ring (bicyclic) bond motifs is 1. The summed E-state index contributed by atoms with van der Waals surface area (Å²) in [6.45, 7) is 5.64. The molecular weight excluding hydrogens is 238 g/mol. The fraction of sp³-hybridized carbons (Fsp3) is 0.188. The number of furan rings is 1. The maximum atomic E-state index is 12.7. The monoisotopic (exact) mass is 253 g/mol. The Morgan fingerprint density at radius 2 is 1.84 bits per heavy atom. The lowest BCUT2D eigenvalue weighted by atomic mass is 9.99. The molecule has 0 amide bonds. The van der Waals surface area contributed by atoms with Crippen LogP contribution in [-0.2, 0) is 0 Å². The van der Waals surface area contributed by atoms with Gasteiger partial charge in [0.1, 0.15) is 11.5 Å². The molecule has 0 aliphatic rings. The zero-order valence-corrected chi connectivity index (χ0v) is 11.2. The van der Waals surface area contributed by atoms with Gasteiger partial charge in [-0.05, 0) is 26.8 Å². The van der Waals surface area contributed by atoms with Gasteiger partial charge in [0.05, 0.1) is 5.56 Å². The molecule has 1 N–H and O–H groups in total. The number of aromatic amines is 1. The first kappa shape index (κ1) is 11.8. The molecule has 2 heterocycles. The van der Waals surface area contributed by atoms with Gasteiger partial charge in [-0.3, -0.25) is 4.79 Å². The number of aromatic nitrogens is 1. The lowest BCUT2D eigenvalue weighted by Crippen LogP contribution is -2.02. The van der Waals surface area contributed by atoms with Crippen molar-refractivity contribution in [2.24, 2.45) is 0 Å². The molecule has 3 aromatic rings. The van der Waals surface area contributed by atoms with E-state index in [9.17, 15) is 4.79 Å². The molecule has 0 aliphatic carbocycles. The van der Waals surface area contributed by atoms with E-state index >= 15 is 0 Å². The lowest BCUT2D eigenvalue weighted by Gasteiger charge is -1.99.